The second kappa shape index (κ2) is 9.12. The van der Waals surface area contributed by atoms with E-state index in [0.717, 1.165) is 26.1 Å². The first-order chi connectivity index (χ1) is 12.6. The van der Waals surface area contributed by atoms with E-state index in [2.05, 4.69) is 22.3 Å². The van der Waals surface area contributed by atoms with Crippen LogP contribution in [-0.2, 0) is 4.74 Å². The number of morpholine rings is 1. The first kappa shape index (κ1) is 18.8. The Balaban J connectivity index is 1.44. The van der Waals surface area contributed by atoms with E-state index in [4.69, 9.17) is 16.3 Å². The zero-order chi connectivity index (χ0) is 18.4. The van der Waals surface area contributed by atoms with E-state index >= 15 is 0 Å². The highest BCUT2D eigenvalue weighted by atomic mass is 35.5. The molecule has 2 aromatic carbocycles. The number of halogens is 2. The summed E-state index contributed by atoms with van der Waals surface area (Å²) >= 11 is 5.91. The predicted molar refractivity (Wildman–Crippen MR) is 99.9 cm³/mol. The van der Waals surface area contributed by atoms with Gasteiger partial charge in [-0.05, 0) is 24.1 Å². The maximum Gasteiger partial charge on any atom is 0.255 e. The second-order valence-electron chi connectivity index (χ2n) is 6.28. The zero-order valence-corrected chi connectivity index (χ0v) is 15.2. The van der Waals surface area contributed by atoms with Gasteiger partial charge in [-0.2, -0.15) is 0 Å². The fourth-order valence-corrected chi connectivity index (χ4v) is 3.33. The van der Waals surface area contributed by atoms with Crippen LogP contribution < -0.4 is 5.32 Å². The van der Waals surface area contributed by atoms with E-state index in [0.29, 0.717) is 13.2 Å². The summed E-state index contributed by atoms with van der Waals surface area (Å²) in [7, 11) is 0. The molecule has 0 aromatic heterocycles. The van der Waals surface area contributed by atoms with E-state index in [9.17, 15) is 9.18 Å². The van der Waals surface area contributed by atoms with Gasteiger partial charge in [0, 0.05) is 26.2 Å². The molecule has 3 rings (SSSR count). The molecule has 1 aliphatic rings. The van der Waals surface area contributed by atoms with Crippen LogP contribution in [0.2, 0.25) is 5.02 Å². The second-order valence-corrected chi connectivity index (χ2v) is 6.68. The third kappa shape index (κ3) is 4.81. The Hall–Kier alpha value is -1.95. The molecule has 1 unspecified atom stereocenters. The van der Waals surface area contributed by atoms with Gasteiger partial charge in [-0.1, -0.05) is 48.0 Å². The molecule has 1 heterocycles. The number of carbonyl (C=O) groups is 1. The van der Waals surface area contributed by atoms with Crippen molar-refractivity contribution < 1.29 is 13.9 Å². The quantitative estimate of drug-likeness (QED) is 0.782. The van der Waals surface area contributed by atoms with Crippen molar-refractivity contribution in [2.45, 2.75) is 12.5 Å². The summed E-state index contributed by atoms with van der Waals surface area (Å²) in [5, 5.41) is 2.87. The smallest absolute Gasteiger partial charge is 0.255 e. The summed E-state index contributed by atoms with van der Waals surface area (Å²) < 4.78 is 19.6. The van der Waals surface area contributed by atoms with Crippen LogP contribution in [0.5, 0.6) is 0 Å². The van der Waals surface area contributed by atoms with E-state index in [1.807, 2.05) is 18.2 Å². The number of ether oxygens (including phenoxy) is 1. The van der Waals surface area contributed by atoms with E-state index in [1.165, 1.54) is 23.8 Å². The summed E-state index contributed by atoms with van der Waals surface area (Å²) in [6.07, 6.45) is 0.857. The highest BCUT2D eigenvalue weighted by molar-refractivity contribution is 6.33. The van der Waals surface area contributed by atoms with Crippen molar-refractivity contribution in [3.8, 4) is 0 Å². The number of nitrogens with zero attached hydrogens (tertiary/aromatic N) is 1. The molecule has 0 aliphatic carbocycles. The molecule has 6 heteroatoms. The number of hydrogen-bond donors (Lipinski definition) is 1. The predicted octanol–water partition coefficient (Wildman–Crippen LogP) is 3.67. The molecule has 1 aliphatic heterocycles. The van der Waals surface area contributed by atoms with Gasteiger partial charge in [-0.3, -0.25) is 9.69 Å². The Morgan fingerprint density at radius 2 is 2.04 bits per heavy atom. The van der Waals surface area contributed by atoms with Gasteiger partial charge in [0.15, 0.2) is 0 Å². The summed E-state index contributed by atoms with van der Waals surface area (Å²) in [5.41, 5.74) is 1.09. The Morgan fingerprint density at radius 3 is 2.81 bits per heavy atom. The number of nitrogens with one attached hydrogen (secondary N) is 1. The summed E-state index contributed by atoms with van der Waals surface area (Å²) in [5.74, 6) is -1.08. The van der Waals surface area contributed by atoms with E-state index in [1.54, 1.807) is 0 Å². The minimum Gasteiger partial charge on any atom is -0.371 e. The van der Waals surface area contributed by atoms with Gasteiger partial charge in [0.1, 0.15) is 5.82 Å². The molecule has 1 saturated heterocycles. The Kier molecular flexibility index (Phi) is 6.61. The molecule has 138 valence electrons. The fraction of sp³-hybridized carbons (Fsp3) is 0.350. The van der Waals surface area contributed by atoms with Gasteiger partial charge in [-0.25, -0.2) is 4.39 Å². The molecule has 0 saturated carbocycles. The number of benzene rings is 2. The topological polar surface area (TPSA) is 41.6 Å². The van der Waals surface area contributed by atoms with E-state index < -0.39 is 11.7 Å². The number of hydrogen-bond acceptors (Lipinski definition) is 3. The monoisotopic (exact) mass is 376 g/mol. The average Bonchev–Trinajstić information content (AvgIpc) is 2.66. The minimum absolute atomic E-state index is 0.0803. The highest BCUT2D eigenvalue weighted by Gasteiger charge is 2.21. The van der Waals surface area contributed by atoms with Gasteiger partial charge in [0.25, 0.3) is 5.91 Å². The average molecular weight is 377 g/mol. The number of rotatable bonds is 6. The van der Waals surface area contributed by atoms with Crippen LogP contribution in [-0.4, -0.2) is 43.6 Å². The third-order valence-corrected chi connectivity index (χ3v) is 4.76. The van der Waals surface area contributed by atoms with Gasteiger partial charge >= 0.3 is 0 Å². The third-order valence-electron chi connectivity index (χ3n) is 4.45. The molecule has 0 radical (unpaired) electrons. The van der Waals surface area contributed by atoms with Crippen LogP contribution in [0.15, 0.2) is 48.5 Å². The lowest BCUT2D eigenvalue weighted by atomic mass is 10.1. The molecule has 2 aromatic rings. The lowest BCUT2D eigenvalue weighted by Crippen LogP contribution is -2.39. The van der Waals surface area contributed by atoms with Gasteiger partial charge in [0.2, 0.25) is 0 Å². The van der Waals surface area contributed by atoms with Crippen LogP contribution in [0.25, 0.3) is 0 Å². The first-order valence-electron chi connectivity index (χ1n) is 8.76. The molecule has 4 nitrogen and oxygen atoms in total. The van der Waals surface area contributed by atoms with Gasteiger partial charge in [-0.15, -0.1) is 0 Å². The van der Waals surface area contributed by atoms with Crippen LogP contribution >= 0.6 is 11.6 Å². The molecule has 0 bridgehead atoms. The van der Waals surface area contributed by atoms with Crippen LogP contribution in [0.3, 0.4) is 0 Å². The van der Waals surface area contributed by atoms with Crippen molar-refractivity contribution in [3.63, 3.8) is 0 Å². The largest absolute Gasteiger partial charge is 0.371 e. The van der Waals surface area contributed by atoms with Gasteiger partial charge in [0.05, 0.1) is 23.3 Å². The molecule has 1 fully saturated rings. The molecule has 26 heavy (non-hydrogen) atoms. The maximum absolute atomic E-state index is 13.7. The summed E-state index contributed by atoms with van der Waals surface area (Å²) in [4.78, 5) is 14.4. The molecular weight excluding hydrogens is 355 g/mol. The van der Waals surface area contributed by atoms with Crippen LogP contribution in [0.1, 0.15) is 28.4 Å². The molecule has 0 spiro atoms. The standard InChI is InChI=1S/C20H22ClFN2O2/c21-16-8-4-9-17(22)19(16)20(25)23-10-5-11-24-12-13-26-18(14-24)15-6-2-1-3-7-15/h1-4,6-9,18H,5,10-14H2,(H,23,25). The lowest BCUT2D eigenvalue weighted by molar-refractivity contribution is -0.0301. The Bertz CT molecular complexity index is 722. The van der Waals surface area contributed by atoms with Crippen molar-refractivity contribution in [2.24, 2.45) is 0 Å². The van der Waals surface area contributed by atoms with Crippen LogP contribution in [0, 0.1) is 5.82 Å². The highest BCUT2D eigenvalue weighted by Crippen LogP contribution is 2.22. The van der Waals surface area contributed by atoms with Crippen molar-refractivity contribution in [3.05, 3.63) is 70.5 Å². The number of carbonyl (C=O) groups excluding carboxylic acids is 1. The number of amides is 1. The Morgan fingerprint density at radius 1 is 1.23 bits per heavy atom. The Labute approximate surface area is 157 Å². The fourth-order valence-electron chi connectivity index (χ4n) is 3.08. The van der Waals surface area contributed by atoms with E-state index in [-0.39, 0.29) is 16.7 Å². The van der Waals surface area contributed by atoms with Gasteiger partial charge < -0.3 is 10.1 Å². The van der Waals surface area contributed by atoms with Crippen molar-refractivity contribution >= 4 is 17.5 Å². The molecule has 1 amide bonds. The minimum atomic E-state index is -0.603. The van der Waals surface area contributed by atoms with Crippen molar-refractivity contribution in [2.75, 3.05) is 32.8 Å². The zero-order valence-electron chi connectivity index (χ0n) is 14.5. The lowest BCUT2D eigenvalue weighted by Gasteiger charge is -2.33. The van der Waals surface area contributed by atoms with Crippen LogP contribution in [0.4, 0.5) is 4.39 Å². The van der Waals surface area contributed by atoms with Crippen molar-refractivity contribution in [1.82, 2.24) is 10.2 Å². The normalized spacial score (nSPS) is 17.8. The summed E-state index contributed by atoms with van der Waals surface area (Å²) in [6, 6.07) is 14.4. The molecule has 1 atom stereocenters. The first-order valence-corrected chi connectivity index (χ1v) is 9.14. The molecular formula is C20H22ClFN2O2. The SMILES string of the molecule is O=C(NCCCN1CCOC(c2ccccc2)C1)c1c(F)cccc1Cl. The maximum atomic E-state index is 13.7. The summed E-state index contributed by atoms with van der Waals surface area (Å²) in [6.45, 7) is 3.71. The van der Waals surface area contributed by atoms with Crippen molar-refractivity contribution in [1.29, 1.82) is 0 Å². The molecule has 1 N–H and O–H groups in total.